The van der Waals surface area contributed by atoms with Gasteiger partial charge < -0.3 is 24.6 Å². The maximum atomic E-state index is 12.5. The monoisotopic (exact) mass is 373 g/mol. The molecule has 7 heteroatoms. The van der Waals surface area contributed by atoms with Crippen LogP contribution in [0.15, 0.2) is 42.5 Å². The second-order valence-electron chi connectivity index (χ2n) is 5.83. The molecule has 2 N–H and O–H groups in total. The number of aromatic carboxylic acids is 1. The molecule has 2 aromatic carbocycles. The van der Waals surface area contributed by atoms with E-state index in [1.54, 1.807) is 37.4 Å². The summed E-state index contributed by atoms with van der Waals surface area (Å²) in [5.74, 6) is -0.851. The zero-order valence-corrected chi connectivity index (χ0v) is 15.4. The molecule has 7 nitrogen and oxygen atoms in total. The molecular formula is C20H23NO6. The van der Waals surface area contributed by atoms with Crippen LogP contribution in [0.4, 0.5) is 5.69 Å². The van der Waals surface area contributed by atoms with Crippen molar-refractivity contribution in [1.82, 2.24) is 0 Å². The minimum atomic E-state index is -1.07. The van der Waals surface area contributed by atoms with Crippen LogP contribution in [0.25, 0.3) is 0 Å². The number of nitrogens with one attached hydrogen (secondary N) is 1. The Morgan fingerprint density at radius 2 is 1.81 bits per heavy atom. The van der Waals surface area contributed by atoms with Gasteiger partial charge in [-0.05, 0) is 42.0 Å². The highest BCUT2D eigenvalue weighted by Crippen LogP contribution is 2.19. The smallest absolute Gasteiger partial charge is 0.335 e. The number of rotatable bonds is 10. The summed E-state index contributed by atoms with van der Waals surface area (Å²) >= 11 is 0. The van der Waals surface area contributed by atoms with E-state index in [0.29, 0.717) is 35.8 Å². The second kappa shape index (κ2) is 10.3. The van der Waals surface area contributed by atoms with E-state index in [2.05, 4.69) is 5.32 Å². The Hall–Kier alpha value is -2.90. The Morgan fingerprint density at radius 1 is 1.00 bits per heavy atom. The lowest BCUT2D eigenvalue weighted by Gasteiger charge is -2.11. The number of methoxy groups -OCH3 is 2. The first-order valence-corrected chi connectivity index (χ1v) is 8.43. The zero-order valence-electron chi connectivity index (χ0n) is 15.4. The Balaban J connectivity index is 2.11. The molecule has 0 unspecified atom stereocenters. The third kappa shape index (κ3) is 6.40. The molecule has 27 heavy (non-hydrogen) atoms. The highest BCUT2D eigenvalue weighted by Gasteiger charge is 2.11. The van der Waals surface area contributed by atoms with Gasteiger partial charge in [-0.25, -0.2) is 4.79 Å². The van der Waals surface area contributed by atoms with Crippen LogP contribution in [0.2, 0.25) is 0 Å². The van der Waals surface area contributed by atoms with E-state index in [1.165, 1.54) is 19.2 Å². The van der Waals surface area contributed by atoms with Crippen LogP contribution in [-0.4, -0.2) is 44.4 Å². The van der Waals surface area contributed by atoms with Crippen molar-refractivity contribution >= 4 is 17.6 Å². The first-order valence-electron chi connectivity index (χ1n) is 8.43. The third-order valence-electron chi connectivity index (χ3n) is 3.67. The number of ether oxygens (including phenoxy) is 3. The number of anilines is 1. The van der Waals surface area contributed by atoms with Crippen LogP contribution in [-0.2, 0) is 16.1 Å². The van der Waals surface area contributed by atoms with Crippen molar-refractivity contribution in [3.05, 3.63) is 59.2 Å². The molecule has 0 aliphatic heterocycles. The van der Waals surface area contributed by atoms with Gasteiger partial charge in [-0.2, -0.15) is 0 Å². The number of hydrogen-bond donors (Lipinski definition) is 2. The Bertz CT molecular complexity index is 790. The van der Waals surface area contributed by atoms with Crippen molar-refractivity contribution in [2.45, 2.75) is 13.0 Å². The van der Waals surface area contributed by atoms with Crippen molar-refractivity contribution in [2.75, 3.05) is 32.8 Å². The summed E-state index contributed by atoms with van der Waals surface area (Å²) in [5, 5.41) is 12.0. The van der Waals surface area contributed by atoms with Gasteiger partial charge in [-0.3, -0.25) is 4.79 Å². The first-order chi connectivity index (χ1) is 13.0. The fourth-order valence-electron chi connectivity index (χ4n) is 2.46. The van der Waals surface area contributed by atoms with Crippen LogP contribution in [0, 0.1) is 0 Å². The predicted octanol–water partition coefficient (Wildman–Crippen LogP) is 3.20. The van der Waals surface area contributed by atoms with E-state index in [9.17, 15) is 14.7 Å². The van der Waals surface area contributed by atoms with E-state index in [1.807, 2.05) is 0 Å². The van der Waals surface area contributed by atoms with Gasteiger partial charge in [0, 0.05) is 38.5 Å². The van der Waals surface area contributed by atoms with E-state index in [0.717, 1.165) is 6.42 Å². The lowest BCUT2D eigenvalue weighted by molar-refractivity contribution is 0.0696. The van der Waals surface area contributed by atoms with Crippen LogP contribution in [0.5, 0.6) is 5.75 Å². The Labute approximate surface area is 157 Å². The average Bonchev–Trinajstić information content (AvgIpc) is 2.65. The van der Waals surface area contributed by atoms with Gasteiger partial charge in [0.2, 0.25) is 0 Å². The van der Waals surface area contributed by atoms with Gasteiger partial charge in [0.1, 0.15) is 5.75 Å². The molecule has 0 spiro atoms. The van der Waals surface area contributed by atoms with Crippen molar-refractivity contribution in [2.24, 2.45) is 0 Å². The Morgan fingerprint density at radius 3 is 2.52 bits per heavy atom. The molecule has 0 heterocycles. The van der Waals surface area contributed by atoms with Gasteiger partial charge in [-0.15, -0.1) is 0 Å². The summed E-state index contributed by atoms with van der Waals surface area (Å²) < 4.78 is 15.6. The van der Waals surface area contributed by atoms with Crippen LogP contribution >= 0.6 is 0 Å². The minimum Gasteiger partial charge on any atom is -0.493 e. The molecular weight excluding hydrogens is 350 g/mol. The first kappa shape index (κ1) is 20.4. The molecule has 0 aliphatic carbocycles. The molecule has 0 bridgehead atoms. The molecule has 0 radical (unpaired) electrons. The van der Waals surface area contributed by atoms with Crippen molar-refractivity contribution in [1.29, 1.82) is 0 Å². The van der Waals surface area contributed by atoms with E-state index in [-0.39, 0.29) is 18.1 Å². The lowest BCUT2D eigenvalue weighted by atomic mass is 10.1. The normalized spacial score (nSPS) is 10.4. The largest absolute Gasteiger partial charge is 0.493 e. The molecule has 1 amide bonds. The predicted molar refractivity (Wildman–Crippen MR) is 100 cm³/mol. The molecule has 2 aromatic rings. The standard InChI is InChI=1S/C20H23NO6/c1-25-7-4-8-27-18-6-3-5-15(12-18)19(22)21-17-10-14(13-26-2)9-16(11-17)20(23)24/h3,5-6,9-12H,4,7-8,13H2,1-2H3,(H,21,22)(H,23,24). The molecule has 0 fully saturated rings. The van der Waals surface area contributed by atoms with E-state index < -0.39 is 5.97 Å². The molecule has 0 atom stereocenters. The molecule has 0 saturated heterocycles. The molecule has 0 saturated carbocycles. The number of hydrogen-bond acceptors (Lipinski definition) is 5. The van der Waals surface area contributed by atoms with Gasteiger partial charge in [0.15, 0.2) is 0 Å². The quantitative estimate of drug-likeness (QED) is 0.621. The molecule has 0 aromatic heterocycles. The molecule has 144 valence electrons. The highest BCUT2D eigenvalue weighted by molar-refractivity contribution is 6.05. The number of amides is 1. The fraction of sp³-hybridized carbons (Fsp3) is 0.300. The van der Waals surface area contributed by atoms with E-state index >= 15 is 0 Å². The molecule has 0 aliphatic rings. The highest BCUT2D eigenvalue weighted by atomic mass is 16.5. The van der Waals surface area contributed by atoms with Crippen LogP contribution < -0.4 is 10.1 Å². The number of carbonyl (C=O) groups excluding carboxylic acids is 1. The van der Waals surface area contributed by atoms with Gasteiger partial charge in [0.25, 0.3) is 5.91 Å². The summed E-state index contributed by atoms with van der Waals surface area (Å²) in [6, 6.07) is 11.4. The van der Waals surface area contributed by atoms with Crippen molar-refractivity contribution in [3.63, 3.8) is 0 Å². The SMILES string of the molecule is COCCCOc1cccc(C(=O)Nc2cc(COC)cc(C(=O)O)c2)c1. The summed E-state index contributed by atoms with van der Waals surface area (Å²) in [6.07, 6.45) is 0.747. The number of carbonyl (C=O) groups is 2. The number of benzene rings is 2. The second-order valence-corrected chi connectivity index (χ2v) is 5.83. The fourth-order valence-corrected chi connectivity index (χ4v) is 2.46. The third-order valence-corrected chi connectivity index (χ3v) is 3.67. The summed E-state index contributed by atoms with van der Waals surface area (Å²) in [4.78, 5) is 23.8. The van der Waals surface area contributed by atoms with Crippen LogP contribution in [0.1, 0.15) is 32.7 Å². The average molecular weight is 373 g/mol. The summed E-state index contributed by atoms with van der Waals surface area (Å²) in [5.41, 5.74) is 1.53. The summed E-state index contributed by atoms with van der Waals surface area (Å²) in [7, 11) is 3.15. The maximum Gasteiger partial charge on any atom is 0.335 e. The van der Waals surface area contributed by atoms with Gasteiger partial charge in [0.05, 0.1) is 18.8 Å². The Kier molecular flexibility index (Phi) is 7.79. The van der Waals surface area contributed by atoms with Gasteiger partial charge in [-0.1, -0.05) is 6.07 Å². The lowest BCUT2D eigenvalue weighted by Crippen LogP contribution is -2.13. The van der Waals surface area contributed by atoms with Crippen LogP contribution in [0.3, 0.4) is 0 Å². The van der Waals surface area contributed by atoms with Crippen molar-refractivity contribution in [3.8, 4) is 5.75 Å². The van der Waals surface area contributed by atoms with E-state index in [4.69, 9.17) is 14.2 Å². The summed E-state index contributed by atoms with van der Waals surface area (Å²) in [6.45, 7) is 1.33. The number of carboxylic acids is 1. The van der Waals surface area contributed by atoms with Gasteiger partial charge >= 0.3 is 5.97 Å². The molecule has 2 rings (SSSR count). The number of carboxylic acid groups (broad SMARTS) is 1. The minimum absolute atomic E-state index is 0.0788. The van der Waals surface area contributed by atoms with Crippen molar-refractivity contribution < 1.29 is 28.9 Å². The topological polar surface area (TPSA) is 94.1 Å². The maximum absolute atomic E-state index is 12.5. The zero-order chi connectivity index (χ0) is 19.6.